The molecule has 0 saturated heterocycles. The first-order valence-corrected chi connectivity index (χ1v) is 6.32. The Morgan fingerprint density at radius 2 is 2.39 bits per heavy atom. The molecule has 0 radical (unpaired) electrons. The fourth-order valence-electron chi connectivity index (χ4n) is 1.33. The number of nitrogens with zero attached hydrogens (tertiary/aromatic N) is 3. The van der Waals surface area contributed by atoms with Crippen LogP contribution in [0.2, 0.25) is 0 Å². The number of H-pyrrole nitrogens is 1. The summed E-state index contributed by atoms with van der Waals surface area (Å²) in [5.41, 5.74) is 1.36. The molecular weight excluding hydrogens is 254 g/mol. The van der Waals surface area contributed by atoms with Gasteiger partial charge in [0.05, 0.1) is 18.7 Å². The highest BCUT2D eigenvalue weighted by molar-refractivity contribution is 8.00. The number of aromatic nitrogens is 4. The zero-order chi connectivity index (χ0) is 12.8. The fourth-order valence-corrected chi connectivity index (χ4v) is 2.12. The monoisotopic (exact) mass is 267 g/mol. The van der Waals surface area contributed by atoms with Crippen LogP contribution in [0.3, 0.4) is 0 Å². The molecule has 0 aromatic carbocycles. The molecule has 7 nitrogen and oxygen atoms in total. The lowest BCUT2D eigenvalue weighted by molar-refractivity contribution is -0.118. The summed E-state index contributed by atoms with van der Waals surface area (Å²) in [7, 11) is 1.59. The average molecular weight is 267 g/mol. The molecule has 2 heterocycles. The predicted octanol–water partition coefficient (Wildman–Crippen LogP) is 0.208. The molecule has 2 rings (SSSR count). The summed E-state index contributed by atoms with van der Waals surface area (Å²) in [4.78, 5) is 26.6. The predicted molar refractivity (Wildman–Crippen MR) is 67.3 cm³/mol. The lowest BCUT2D eigenvalue weighted by Crippen LogP contribution is -2.28. The highest BCUT2D eigenvalue weighted by atomic mass is 32.2. The molecule has 0 fully saturated rings. The van der Waals surface area contributed by atoms with Crippen LogP contribution in [0.5, 0.6) is 0 Å². The highest BCUT2D eigenvalue weighted by Crippen LogP contribution is 2.21. The van der Waals surface area contributed by atoms with Crippen molar-refractivity contribution >= 4 is 28.8 Å². The van der Waals surface area contributed by atoms with Gasteiger partial charge >= 0.3 is 0 Å². The summed E-state index contributed by atoms with van der Waals surface area (Å²) in [5.74, 6) is 0.248. The highest BCUT2D eigenvalue weighted by Gasteiger charge is 2.08. The number of nitrogens with one attached hydrogen (secondary N) is 2. The van der Waals surface area contributed by atoms with Gasteiger partial charge in [-0.2, -0.15) is 0 Å². The SMILES string of the molecule is COCCNC(=O)CSc1ncnc2nc[nH]c12. The number of carbonyl (C=O) groups is 1. The van der Waals surface area contributed by atoms with Gasteiger partial charge in [0.1, 0.15) is 16.9 Å². The minimum atomic E-state index is -0.0525. The van der Waals surface area contributed by atoms with E-state index in [0.29, 0.717) is 24.6 Å². The van der Waals surface area contributed by atoms with Crippen molar-refractivity contribution < 1.29 is 9.53 Å². The van der Waals surface area contributed by atoms with Crippen LogP contribution in [0.1, 0.15) is 0 Å². The topological polar surface area (TPSA) is 92.8 Å². The van der Waals surface area contributed by atoms with Crippen LogP contribution in [0, 0.1) is 0 Å². The summed E-state index contributed by atoms with van der Waals surface area (Å²) < 4.78 is 4.85. The van der Waals surface area contributed by atoms with Crippen molar-refractivity contribution in [3.05, 3.63) is 12.7 Å². The Morgan fingerprint density at radius 3 is 3.22 bits per heavy atom. The normalized spacial score (nSPS) is 10.7. The Labute approximate surface area is 108 Å². The second kappa shape index (κ2) is 6.31. The number of hydrogen-bond acceptors (Lipinski definition) is 6. The summed E-state index contributed by atoms with van der Waals surface area (Å²) in [6.07, 6.45) is 3.00. The van der Waals surface area contributed by atoms with E-state index in [9.17, 15) is 4.79 Å². The maximum absolute atomic E-state index is 11.5. The quantitative estimate of drug-likeness (QED) is 0.441. The number of fused-ring (bicyclic) bond motifs is 1. The molecule has 2 aromatic heterocycles. The standard InChI is InChI=1S/C10H13N5O2S/c1-17-3-2-11-7(16)4-18-10-8-9(13-5-12-8)14-6-15-10/h5-6H,2-4H2,1H3,(H,11,16)(H,12,13,14,15). The maximum atomic E-state index is 11.5. The van der Waals surface area contributed by atoms with Crippen molar-refractivity contribution in [3.63, 3.8) is 0 Å². The molecule has 8 heteroatoms. The van der Waals surface area contributed by atoms with Gasteiger partial charge in [-0.15, -0.1) is 0 Å². The largest absolute Gasteiger partial charge is 0.383 e. The minimum Gasteiger partial charge on any atom is -0.383 e. The molecule has 0 atom stereocenters. The zero-order valence-corrected chi connectivity index (χ0v) is 10.7. The van der Waals surface area contributed by atoms with E-state index in [1.165, 1.54) is 18.1 Å². The van der Waals surface area contributed by atoms with Crippen molar-refractivity contribution in [3.8, 4) is 0 Å². The van der Waals surface area contributed by atoms with Crippen molar-refractivity contribution in [2.24, 2.45) is 0 Å². The number of hydrogen-bond donors (Lipinski definition) is 2. The Balaban J connectivity index is 1.90. The number of imidazole rings is 1. The number of methoxy groups -OCH3 is 1. The third-order valence-electron chi connectivity index (χ3n) is 2.16. The first-order chi connectivity index (χ1) is 8.81. The molecule has 0 unspecified atom stereocenters. The van der Waals surface area contributed by atoms with Crippen LogP contribution in [-0.2, 0) is 9.53 Å². The lowest BCUT2D eigenvalue weighted by atomic mass is 10.6. The second-order valence-corrected chi connectivity index (χ2v) is 4.38. The molecule has 0 spiro atoms. The summed E-state index contributed by atoms with van der Waals surface area (Å²) in [6, 6.07) is 0. The van der Waals surface area contributed by atoms with Gasteiger partial charge in [0, 0.05) is 13.7 Å². The van der Waals surface area contributed by atoms with E-state index in [1.54, 1.807) is 13.4 Å². The van der Waals surface area contributed by atoms with Crippen LogP contribution < -0.4 is 5.32 Å². The first kappa shape index (κ1) is 12.8. The van der Waals surface area contributed by atoms with Crippen LogP contribution in [0.15, 0.2) is 17.7 Å². The molecule has 18 heavy (non-hydrogen) atoms. The molecule has 0 bridgehead atoms. The van der Waals surface area contributed by atoms with Gasteiger partial charge < -0.3 is 15.0 Å². The molecular formula is C10H13N5O2S. The third-order valence-corrected chi connectivity index (χ3v) is 3.15. The van der Waals surface area contributed by atoms with E-state index in [2.05, 4.69) is 25.3 Å². The maximum Gasteiger partial charge on any atom is 0.230 e. The van der Waals surface area contributed by atoms with Crippen molar-refractivity contribution in [1.29, 1.82) is 0 Å². The number of amides is 1. The van der Waals surface area contributed by atoms with Gasteiger partial charge in [-0.25, -0.2) is 15.0 Å². The van der Waals surface area contributed by atoms with Crippen molar-refractivity contribution in [2.45, 2.75) is 5.03 Å². The Morgan fingerprint density at radius 1 is 1.50 bits per heavy atom. The van der Waals surface area contributed by atoms with Crippen LogP contribution in [-0.4, -0.2) is 51.9 Å². The van der Waals surface area contributed by atoms with E-state index in [4.69, 9.17) is 4.74 Å². The molecule has 96 valence electrons. The van der Waals surface area contributed by atoms with Gasteiger partial charge in [0.2, 0.25) is 5.91 Å². The minimum absolute atomic E-state index is 0.0525. The average Bonchev–Trinajstić information content (AvgIpc) is 2.85. The number of thioether (sulfide) groups is 1. The van der Waals surface area contributed by atoms with Crippen LogP contribution in [0.4, 0.5) is 0 Å². The molecule has 0 aliphatic rings. The van der Waals surface area contributed by atoms with Gasteiger partial charge in [-0.3, -0.25) is 4.79 Å². The summed E-state index contributed by atoms with van der Waals surface area (Å²) >= 11 is 1.35. The van der Waals surface area contributed by atoms with E-state index >= 15 is 0 Å². The van der Waals surface area contributed by atoms with Gasteiger partial charge in [-0.1, -0.05) is 11.8 Å². The van der Waals surface area contributed by atoms with E-state index < -0.39 is 0 Å². The Hall–Kier alpha value is -1.67. The molecule has 0 aliphatic heterocycles. The van der Waals surface area contributed by atoms with Crippen molar-refractivity contribution in [1.82, 2.24) is 25.3 Å². The molecule has 2 N–H and O–H groups in total. The van der Waals surface area contributed by atoms with E-state index in [1.807, 2.05) is 0 Å². The Bertz CT molecular complexity index is 530. The fraction of sp³-hybridized carbons (Fsp3) is 0.400. The number of carbonyl (C=O) groups excluding carboxylic acids is 1. The van der Waals surface area contributed by atoms with Crippen molar-refractivity contribution in [2.75, 3.05) is 26.0 Å². The van der Waals surface area contributed by atoms with Gasteiger partial charge in [-0.05, 0) is 0 Å². The van der Waals surface area contributed by atoms with Gasteiger partial charge in [0.15, 0.2) is 5.65 Å². The molecule has 0 saturated carbocycles. The van der Waals surface area contributed by atoms with Gasteiger partial charge in [0.25, 0.3) is 0 Å². The molecule has 1 amide bonds. The van der Waals surface area contributed by atoms with Crippen LogP contribution >= 0.6 is 11.8 Å². The number of ether oxygens (including phenoxy) is 1. The summed E-state index contributed by atoms with van der Waals surface area (Å²) in [6.45, 7) is 1.02. The van der Waals surface area contributed by atoms with E-state index in [-0.39, 0.29) is 5.91 Å². The molecule has 0 aliphatic carbocycles. The smallest absolute Gasteiger partial charge is 0.230 e. The first-order valence-electron chi connectivity index (χ1n) is 5.34. The third kappa shape index (κ3) is 3.17. The Kier molecular flexibility index (Phi) is 4.48. The molecule has 2 aromatic rings. The van der Waals surface area contributed by atoms with E-state index in [0.717, 1.165) is 10.5 Å². The zero-order valence-electron chi connectivity index (χ0n) is 9.84. The number of rotatable bonds is 6. The number of aromatic amines is 1. The van der Waals surface area contributed by atoms with Crippen LogP contribution in [0.25, 0.3) is 11.2 Å². The summed E-state index contributed by atoms with van der Waals surface area (Å²) in [5, 5.41) is 3.46. The lowest BCUT2D eigenvalue weighted by Gasteiger charge is -2.04. The second-order valence-electron chi connectivity index (χ2n) is 3.41.